The molecule has 1 amide bonds. The summed E-state index contributed by atoms with van der Waals surface area (Å²) >= 11 is 6.48. The van der Waals surface area contributed by atoms with Crippen LogP contribution < -0.4 is 15.4 Å². The molecule has 0 radical (unpaired) electrons. The summed E-state index contributed by atoms with van der Waals surface area (Å²) in [6.45, 7) is 0.645. The van der Waals surface area contributed by atoms with E-state index in [1.54, 1.807) is 24.4 Å². The number of hydrogen-bond donors (Lipinski definition) is 4. The second-order valence-corrected chi connectivity index (χ2v) is 12.8. The molecule has 4 N–H and O–H groups in total. The van der Waals surface area contributed by atoms with Gasteiger partial charge in [-0.3, -0.25) is 4.79 Å². The fourth-order valence-corrected chi connectivity index (χ4v) is 6.54. The van der Waals surface area contributed by atoms with Crippen molar-refractivity contribution in [1.29, 1.82) is 0 Å². The van der Waals surface area contributed by atoms with Gasteiger partial charge in [0.05, 0.1) is 21.8 Å². The molecule has 5 rings (SSSR count). The lowest BCUT2D eigenvalue weighted by Crippen LogP contribution is -2.41. The number of anilines is 2. The van der Waals surface area contributed by atoms with E-state index in [9.17, 15) is 13.2 Å². The Labute approximate surface area is 250 Å². The zero-order valence-corrected chi connectivity index (χ0v) is 25.0. The first kappa shape index (κ1) is 29.7. The summed E-state index contributed by atoms with van der Waals surface area (Å²) in [7, 11) is 0.0743. The van der Waals surface area contributed by atoms with Gasteiger partial charge in [0, 0.05) is 53.1 Å². The fraction of sp³-hybridized carbons (Fsp3) is 0.300. The Morgan fingerprint density at radius 3 is 2.67 bits per heavy atom. The number of H-pyrrole nitrogens is 1. The standard InChI is InChI=1S/C30H34ClN7O3S/c1-38(2)16-6-11-28(39)34-20-12-14-23(15-13-20)42(40,41)37-22-8-5-7-21(17-22)35-30-33-19-26(31)29(36-30)25-18-32-27-10-4-3-9-24(25)27/h3-4,6,9-15,18-19,21-22,32,37H,5,7-8,16-17H2,1-2H3,(H,34,39)(H,33,35,36)/t21-,22+/m1/s1. The number of sulfonamides is 1. The highest BCUT2D eigenvalue weighted by Gasteiger charge is 2.27. The van der Waals surface area contributed by atoms with Crippen molar-refractivity contribution in [3.8, 4) is 11.3 Å². The normalized spacial score (nSPS) is 17.6. The molecule has 0 aliphatic heterocycles. The van der Waals surface area contributed by atoms with E-state index in [1.165, 1.54) is 18.2 Å². The number of aromatic nitrogens is 3. The van der Waals surface area contributed by atoms with Gasteiger partial charge in [0.1, 0.15) is 0 Å². The Kier molecular flexibility index (Phi) is 9.22. The van der Waals surface area contributed by atoms with E-state index in [0.717, 1.165) is 35.7 Å². The SMILES string of the molecule is CN(C)CC=CC(=O)Nc1ccc(S(=O)(=O)N[C@H]2CCC[C@@H](Nc3ncc(Cl)c(-c4c[nH]c5ccccc45)n3)C2)cc1. The van der Waals surface area contributed by atoms with Crippen LogP contribution in [0, 0.1) is 0 Å². The Morgan fingerprint density at radius 2 is 1.88 bits per heavy atom. The molecule has 1 aliphatic carbocycles. The van der Waals surface area contributed by atoms with E-state index in [2.05, 4.69) is 25.3 Å². The van der Waals surface area contributed by atoms with Gasteiger partial charge in [-0.15, -0.1) is 0 Å². The number of para-hydroxylation sites is 1. The summed E-state index contributed by atoms with van der Waals surface area (Å²) < 4.78 is 29.1. The molecule has 1 aliphatic rings. The largest absolute Gasteiger partial charge is 0.360 e. The summed E-state index contributed by atoms with van der Waals surface area (Å²) in [6, 6.07) is 13.8. The highest BCUT2D eigenvalue weighted by atomic mass is 35.5. The number of benzene rings is 2. The van der Waals surface area contributed by atoms with Crippen LogP contribution in [0.15, 0.2) is 78.0 Å². The van der Waals surface area contributed by atoms with Crippen LogP contribution in [-0.4, -0.2) is 66.9 Å². The summed E-state index contributed by atoms with van der Waals surface area (Å²) in [6.07, 6.45) is 9.71. The Hall–Kier alpha value is -3.77. The zero-order chi connectivity index (χ0) is 29.7. The maximum atomic E-state index is 13.1. The van der Waals surface area contributed by atoms with Crippen LogP contribution in [0.3, 0.4) is 0 Å². The van der Waals surface area contributed by atoms with Crippen molar-refractivity contribution < 1.29 is 13.2 Å². The van der Waals surface area contributed by atoms with Gasteiger partial charge in [0.25, 0.3) is 0 Å². The quantitative estimate of drug-likeness (QED) is 0.186. The molecule has 1 saturated carbocycles. The molecule has 2 aromatic heterocycles. The molecule has 1 fully saturated rings. The third-order valence-electron chi connectivity index (χ3n) is 7.09. The van der Waals surface area contributed by atoms with Crippen LogP contribution >= 0.6 is 11.6 Å². The Morgan fingerprint density at radius 1 is 1.12 bits per heavy atom. The van der Waals surface area contributed by atoms with E-state index < -0.39 is 10.0 Å². The van der Waals surface area contributed by atoms with Gasteiger partial charge in [-0.05, 0) is 70.1 Å². The number of aromatic amines is 1. The highest BCUT2D eigenvalue weighted by Crippen LogP contribution is 2.33. The summed E-state index contributed by atoms with van der Waals surface area (Å²) in [5.41, 5.74) is 3.03. The lowest BCUT2D eigenvalue weighted by molar-refractivity contribution is -0.111. The number of fused-ring (bicyclic) bond motifs is 1. The number of carbonyl (C=O) groups is 1. The minimum absolute atomic E-state index is 0.0124. The fourth-order valence-electron chi connectivity index (χ4n) is 5.06. The average Bonchev–Trinajstić information content (AvgIpc) is 3.38. The summed E-state index contributed by atoms with van der Waals surface area (Å²) in [5.74, 6) is 0.173. The van der Waals surface area contributed by atoms with Crippen LogP contribution in [0.5, 0.6) is 0 Å². The lowest BCUT2D eigenvalue weighted by Gasteiger charge is -2.30. The van der Waals surface area contributed by atoms with E-state index in [4.69, 9.17) is 16.6 Å². The number of rotatable bonds is 10. The first-order chi connectivity index (χ1) is 20.2. The topological polar surface area (TPSA) is 132 Å². The van der Waals surface area contributed by atoms with Crippen molar-refractivity contribution in [1.82, 2.24) is 24.6 Å². The van der Waals surface area contributed by atoms with E-state index in [-0.39, 0.29) is 22.9 Å². The van der Waals surface area contributed by atoms with Gasteiger partial charge >= 0.3 is 0 Å². The van der Waals surface area contributed by atoms with Gasteiger partial charge in [-0.1, -0.05) is 35.9 Å². The number of halogens is 1. The molecular weight excluding hydrogens is 574 g/mol. The van der Waals surface area contributed by atoms with Crippen molar-refractivity contribution in [2.75, 3.05) is 31.3 Å². The third-order valence-corrected chi connectivity index (χ3v) is 8.90. The molecule has 4 aromatic rings. The van der Waals surface area contributed by atoms with Gasteiger partial charge in [0.15, 0.2) is 0 Å². The number of carbonyl (C=O) groups excluding carboxylic acids is 1. The van der Waals surface area contributed by atoms with Crippen LogP contribution in [0.25, 0.3) is 22.2 Å². The van der Waals surface area contributed by atoms with Crippen molar-refractivity contribution in [2.24, 2.45) is 0 Å². The maximum absolute atomic E-state index is 13.1. The molecular formula is C30H34ClN7O3S. The molecule has 0 bridgehead atoms. The molecule has 0 unspecified atom stereocenters. The first-order valence-electron chi connectivity index (χ1n) is 13.8. The smallest absolute Gasteiger partial charge is 0.248 e. The van der Waals surface area contributed by atoms with Crippen LogP contribution in [0.1, 0.15) is 25.7 Å². The lowest BCUT2D eigenvalue weighted by atomic mass is 9.92. The number of hydrogen-bond acceptors (Lipinski definition) is 7. The summed E-state index contributed by atoms with van der Waals surface area (Å²) in [5, 5.41) is 7.59. The van der Waals surface area contributed by atoms with Crippen molar-refractivity contribution in [3.05, 3.63) is 78.1 Å². The first-order valence-corrected chi connectivity index (χ1v) is 15.6. The molecule has 2 aromatic carbocycles. The van der Waals surface area contributed by atoms with Crippen LogP contribution in [0.2, 0.25) is 5.02 Å². The zero-order valence-electron chi connectivity index (χ0n) is 23.5. The second kappa shape index (κ2) is 13.0. The van der Waals surface area contributed by atoms with Gasteiger partial charge < -0.3 is 20.5 Å². The van der Waals surface area contributed by atoms with Crippen LogP contribution in [0.4, 0.5) is 11.6 Å². The molecule has 0 saturated heterocycles. The molecule has 42 heavy (non-hydrogen) atoms. The average molecular weight is 608 g/mol. The van der Waals surface area contributed by atoms with Gasteiger partial charge in [-0.25, -0.2) is 23.1 Å². The van der Waals surface area contributed by atoms with E-state index >= 15 is 0 Å². The monoisotopic (exact) mass is 607 g/mol. The predicted octanol–water partition coefficient (Wildman–Crippen LogP) is 5.04. The van der Waals surface area contributed by atoms with Crippen LogP contribution in [-0.2, 0) is 14.8 Å². The minimum Gasteiger partial charge on any atom is -0.360 e. The van der Waals surface area contributed by atoms with Gasteiger partial charge in [0.2, 0.25) is 21.9 Å². The second-order valence-electron chi connectivity index (χ2n) is 10.6. The molecule has 0 spiro atoms. The predicted molar refractivity (Wildman–Crippen MR) is 167 cm³/mol. The number of nitrogens with zero attached hydrogens (tertiary/aromatic N) is 3. The minimum atomic E-state index is -3.75. The molecule has 220 valence electrons. The number of nitrogens with one attached hydrogen (secondary N) is 4. The molecule has 12 heteroatoms. The van der Waals surface area contributed by atoms with Crippen molar-refractivity contribution in [3.63, 3.8) is 0 Å². The van der Waals surface area contributed by atoms with Crippen molar-refractivity contribution in [2.45, 2.75) is 42.7 Å². The van der Waals surface area contributed by atoms with Gasteiger partial charge in [-0.2, -0.15) is 0 Å². The molecule has 2 atom stereocenters. The maximum Gasteiger partial charge on any atom is 0.248 e. The molecule has 2 heterocycles. The van der Waals surface area contributed by atoms with E-state index in [1.807, 2.05) is 49.5 Å². The number of likely N-dealkylation sites (N-methyl/N-ethyl adjacent to an activating group) is 1. The van der Waals surface area contributed by atoms with Crippen molar-refractivity contribution >= 4 is 50.1 Å². The molecule has 10 nitrogen and oxygen atoms in total. The third kappa shape index (κ3) is 7.35. The highest BCUT2D eigenvalue weighted by molar-refractivity contribution is 7.89. The van der Waals surface area contributed by atoms with E-state index in [0.29, 0.717) is 35.3 Å². The summed E-state index contributed by atoms with van der Waals surface area (Å²) in [4.78, 5) is 26.5. The number of amides is 1. The Balaban J connectivity index is 1.21. The Bertz CT molecular complexity index is 1690.